The molecule has 0 atom stereocenters. The zero-order valence-electron chi connectivity index (χ0n) is 7.09. The van der Waals surface area contributed by atoms with Crippen LogP contribution in [0, 0.1) is 5.82 Å². The van der Waals surface area contributed by atoms with E-state index in [2.05, 4.69) is 10.2 Å². The summed E-state index contributed by atoms with van der Waals surface area (Å²) in [7, 11) is 0. The topological polar surface area (TPSA) is 54.7 Å². The first-order chi connectivity index (χ1) is 6.65. The Labute approximate surface area is 84.7 Å². The molecule has 0 saturated heterocycles. The van der Waals surface area contributed by atoms with E-state index in [1.807, 2.05) is 0 Å². The number of nitrogens with two attached hydrogens (primary N) is 1. The van der Waals surface area contributed by atoms with Gasteiger partial charge in [-0.1, -0.05) is 11.6 Å². The number of benzene rings is 1. The highest BCUT2D eigenvalue weighted by molar-refractivity contribution is 6.30. The van der Waals surface area contributed by atoms with Crippen molar-refractivity contribution >= 4 is 17.4 Å². The molecule has 1 aromatic heterocycles. The molecule has 0 unspecified atom stereocenters. The van der Waals surface area contributed by atoms with Gasteiger partial charge in [0, 0.05) is 16.7 Å². The molecule has 0 fully saturated rings. The molecule has 0 aliphatic carbocycles. The molecule has 5 heteroatoms. The fourth-order valence-electron chi connectivity index (χ4n) is 1.19. The standard InChI is InChI=1S/C9H7ClFN3/c10-6-1-5(2-7(11)3-6)8-4-9(12)14-13-8/h1-4H,(H3,12,13,14). The van der Waals surface area contributed by atoms with Crippen LogP contribution in [0.4, 0.5) is 10.2 Å². The second-order valence-electron chi connectivity index (χ2n) is 2.86. The van der Waals surface area contributed by atoms with Crippen molar-refractivity contribution in [3.8, 4) is 11.3 Å². The van der Waals surface area contributed by atoms with E-state index in [9.17, 15) is 4.39 Å². The van der Waals surface area contributed by atoms with Gasteiger partial charge >= 0.3 is 0 Å². The Morgan fingerprint density at radius 3 is 2.64 bits per heavy atom. The quantitative estimate of drug-likeness (QED) is 0.761. The van der Waals surface area contributed by atoms with Crippen molar-refractivity contribution in [3.05, 3.63) is 35.1 Å². The largest absolute Gasteiger partial charge is 0.382 e. The number of hydrogen-bond donors (Lipinski definition) is 2. The molecule has 2 aromatic rings. The lowest BCUT2D eigenvalue weighted by Crippen LogP contribution is -1.81. The summed E-state index contributed by atoms with van der Waals surface area (Å²) in [4.78, 5) is 0. The third kappa shape index (κ3) is 1.70. The fraction of sp³-hybridized carbons (Fsp3) is 0. The van der Waals surface area contributed by atoms with Gasteiger partial charge in [0.25, 0.3) is 0 Å². The van der Waals surface area contributed by atoms with Gasteiger partial charge in [0.15, 0.2) is 0 Å². The van der Waals surface area contributed by atoms with Crippen molar-refractivity contribution in [2.75, 3.05) is 5.73 Å². The van der Waals surface area contributed by atoms with Gasteiger partial charge in [-0.25, -0.2) is 4.39 Å². The highest BCUT2D eigenvalue weighted by atomic mass is 35.5. The van der Waals surface area contributed by atoms with Crippen LogP contribution in [0.3, 0.4) is 0 Å². The zero-order valence-corrected chi connectivity index (χ0v) is 7.85. The summed E-state index contributed by atoms with van der Waals surface area (Å²) in [5.74, 6) is -0.0268. The van der Waals surface area contributed by atoms with Crippen LogP contribution in [0.25, 0.3) is 11.3 Å². The highest BCUT2D eigenvalue weighted by Crippen LogP contribution is 2.23. The Bertz CT molecular complexity index is 447. The average molecular weight is 212 g/mol. The van der Waals surface area contributed by atoms with Crippen LogP contribution in [0.5, 0.6) is 0 Å². The van der Waals surface area contributed by atoms with Crippen molar-refractivity contribution in [1.29, 1.82) is 0 Å². The Morgan fingerprint density at radius 2 is 2.07 bits per heavy atom. The van der Waals surface area contributed by atoms with E-state index in [1.54, 1.807) is 12.1 Å². The normalized spacial score (nSPS) is 10.4. The molecule has 0 bridgehead atoms. The van der Waals surface area contributed by atoms with Crippen LogP contribution in [0.15, 0.2) is 24.3 Å². The van der Waals surface area contributed by atoms with Gasteiger partial charge in [0.1, 0.15) is 11.6 Å². The Morgan fingerprint density at radius 1 is 1.29 bits per heavy atom. The zero-order chi connectivity index (χ0) is 10.1. The predicted molar refractivity (Wildman–Crippen MR) is 53.4 cm³/mol. The van der Waals surface area contributed by atoms with E-state index >= 15 is 0 Å². The van der Waals surface area contributed by atoms with E-state index in [1.165, 1.54) is 12.1 Å². The number of nitrogens with zero attached hydrogens (tertiary/aromatic N) is 1. The van der Waals surface area contributed by atoms with Gasteiger partial charge in [-0.15, -0.1) is 0 Å². The maximum atomic E-state index is 13.0. The first kappa shape index (κ1) is 9.02. The first-order valence-corrected chi connectivity index (χ1v) is 4.30. The average Bonchev–Trinajstić information content (AvgIpc) is 2.50. The summed E-state index contributed by atoms with van der Waals surface area (Å²) < 4.78 is 13.0. The summed E-state index contributed by atoms with van der Waals surface area (Å²) in [5, 5.41) is 6.76. The van der Waals surface area contributed by atoms with Gasteiger partial charge < -0.3 is 5.73 Å². The number of rotatable bonds is 1. The van der Waals surface area contributed by atoms with Gasteiger partial charge in [0.05, 0.1) is 5.69 Å². The van der Waals surface area contributed by atoms with Crippen LogP contribution in [0.2, 0.25) is 5.02 Å². The molecule has 72 valence electrons. The lowest BCUT2D eigenvalue weighted by atomic mass is 10.1. The minimum atomic E-state index is -0.388. The van der Waals surface area contributed by atoms with Crippen LogP contribution in [0.1, 0.15) is 0 Å². The smallest absolute Gasteiger partial charge is 0.145 e. The van der Waals surface area contributed by atoms with Crippen molar-refractivity contribution in [3.63, 3.8) is 0 Å². The van der Waals surface area contributed by atoms with Crippen LogP contribution in [-0.2, 0) is 0 Å². The Hall–Kier alpha value is -1.55. The van der Waals surface area contributed by atoms with E-state index < -0.39 is 0 Å². The number of nitrogens with one attached hydrogen (secondary N) is 1. The summed E-state index contributed by atoms with van der Waals surface area (Å²) in [6.45, 7) is 0. The minimum Gasteiger partial charge on any atom is -0.382 e. The predicted octanol–water partition coefficient (Wildman–Crippen LogP) is 2.45. The number of anilines is 1. The molecular weight excluding hydrogens is 205 g/mol. The summed E-state index contributed by atoms with van der Waals surface area (Å²) in [6, 6.07) is 5.85. The minimum absolute atomic E-state index is 0.341. The van der Waals surface area contributed by atoms with E-state index in [4.69, 9.17) is 17.3 Å². The van der Waals surface area contributed by atoms with Crippen molar-refractivity contribution < 1.29 is 4.39 Å². The molecule has 0 aliphatic heterocycles. The van der Waals surface area contributed by atoms with Gasteiger partial charge in [-0.05, 0) is 18.2 Å². The number of halogens is 2. The van der Waals surface area contributed by atoms with Crippen molar-refractivity contribution in [1.82, 2.24) is 10.2 Å². The second kappa shape index (κ2) is 3.31. The number of nitrogen functional groups attached to an aromatic ring is 1. The maximum absolute atomic E-state index is 13.0. The van der Waals surface area contributed by atoms with E-state index in [0.29, 0.717) is 22.1 Å². The lowest BCUT2D eigenvalue weighted by Gasteiger charge is -1.98. The Balaban J connectivity index is 2.51. The molecule has 3 N–H and O–H groups in total. The van der Waals surface area contributed by atoms with Crippen LogP contribution >= 0.6 is 11.6 Å². The van der Waals surface area contributed by atoms with Crippen LogP contribution < -0.4 is 5.73 Å². The number of aromatic nitrogens is 2. The lowest BCUT2D eigenvalue weighted by molar-refractivity contribution is 0.628. The first-order valence-electron chi connectivity index (χ1n) is 3.92. The third-order valence-electron chi connectivity index (χ3n) is 1.77. The van der Waals surface area contributed by atoms with Gasteiger partial charge in [-0.3, -0.25) is 5.10 Å². The van der Waals surface area contributed by atoms with Gasteiger partial charge in [0.2, 0.25) is 0 Å². The Kier molecular flexibility index (Phi) is 2.13. The molecule has 0 aliphatic rings. The van der Waals surface area contributed by atoms with Crippen LogP contribution in [-0.4, -0.2) is 10.2 Å². The molecule has 1 aromatic carbocycles. The number of H-pyrrole nitrogens is 1. The molecule has 0 saturated carbocycles. The molecule has 0 spiro atoms. The third-order valence-corrected chi connectivity index (χ3v) is 1.99. The number of hydrogen-bond acceptors (Lipinski definition) is 2. The monoisotopic (exact) mass is 211 g/mol. The van der Waals surface area contributed by atoms with Crippen molar-refractivity contribution in [2.45, 2.75) is 0 Å². The highest BCUT2D eigenvalue weighted by Gasteiger charge is 2.04. The van der Waals surface area contributed by atoms with E-state index in [-0.39, 0.29) is 5.82 Å². The fourth-order valence-corrected chi connectivity index (χ4v) is 1.42. The molecule has 0 radical (unpaired) electrons. The summed E-state index contributed by atoms with van der Waals surface area (Å²) in [6.07, 6.45) is 0. The SMILES string of the molecule is Nc1cc(-c2cc(F)cc(Cl)c2)[nH]n1. The summed E-state index contributed by atoms with van der Waals surface area (Å²) in [5.41, 5.74) is 6.69. The molecular formula is C9H7ClFN3. The molecule has 3 nitrogen and oxygen atoms in total. The second-order valence-corrected chi connectivity index (χ2v) is 3.30. The molecule has 1 heterocycles. The van der Waals surface area contributed by atoms with Gasteiger partial charge in [-0.2, -0.15) is 5.10 Å². The van der Waals surface area contributed by atoms with E-state index in [0.717, 1.165) is 0 Å². The molecule has 0 amide bonds. The molecule has 14 heavy (non-hydrogen) atoms. The molecule has 2 rings (SSSR count). The van der Waals surface area contributed by atoms with Crippen molar-refractivity contribution in [2.24, 2.45) is 0 Å². The number of aromatic amines is 1. The summed E-state index contributed by atoms with van der Waals surface area (Å²) >= 11 is 5.70. The maximum Gasteiger partial charge on any atom is 0.145 e.